The summed E-state index contributed by atoms with van der Waals surface area (Å²) in [6.07, 6.45) is 3.34. The van der Waals surface area contributed by atoms with Crippen molar-refractivity contribution in [1.82, 2.24) is 25.9 Å². The monoisotopic (exact) mass is 444 g/mol. The maximum absolute atomic E-state index is 13.2. The molecule has 0 unspecified atom stereocenters. The van der Waals surface area contributed by atoms with Gasteiger partial charge in [0.1, 0.15) is 0 Å². The van der Waals surface area contributed by atoms with Crippen LogP contribution >= 0.6 is 0 Å². The minimum atomic E-state index is -1.02. The van der Waals surface area contributed by atoms with E-state index in [1.807, 2.05) is 30.3 Å². The highest BCUT2D eigenvalue weighted by atomic mass is 16.2. The molecule has 1 saturated carbocycles. The molecule has 3 amide bonds. The summed E-state index contributed by atoms with van der Waals surface area (Å²) in [6.45, 7) is 0. The van der Waals surface area contributed by atoms with E-state index in [2.05, 4.69) is 31.3 Å². The summed E-state index contributed by atoms with van der Waals surface area (Å²) < 4.78 is 0. The third-order valence-electron chi connectivity index (χ3n) is 6.11. The van der Waals surface area contributed by atoms with E-state index >= 15 is 0 Å². The molecule has 5 rings (SSSR count). The number of fused-ring (bicyclic) bond motifs is 1. The van der Waals surface area contributed by atoms with E-state index in [4.69, 9.17) is 4.99 Å². The summed E-state index contributed by atoms with van der Waals surface area (Å²) in [4.78, 5) is 32.4. The van der Waals surface area contributed by atoms with E-state index in [0.29, 0.717) is 17.1 Å². The van der Waals surface area contributed by atoms with Crippen LogP contribution in [0.15, 0.2) is 53.5 Å². The molecule has 1 aliphatic heterocycles. The van der Waals surface area contributed by atoms with Gasteiger partial charge >= 0.3 is 6.03 Å². The molecule has 3 N–H and O–H groups in total. The van der Waals surface area contributed by atoms with Crippen LogP contribution in [0.3, 0.4) is 0 Å². The Balaban J connectivity index is 1.39. The minimum absolute atomic E-state index is 0.282. The van der Waals surface area contributed by atoms with Gasteiger partial charge in [-0.2, -0.15) is 5.21 Å². The Bertz CT molecular complexity index is 1200. The van der Waals surface area contributed by atoms with Crippen molar-refractivity contribution in [2.45, 2.75) is 31.8 Å². The van der Waals surface area contributed by atoms with Gasteiger partial charge in [0.25, 0.3) is 5.91 Å². The molecule has 0 bridgehead atoms. The number of nitrogens with one attached hydrogen (secondary N) is 3. The second-order valence-electron chi connectivity index (χ2n) is 8.23. The second kappa shape index (κ2) is 8.81. The Kier molecular flexibility index (Phi) is 5.55. The molecule has 2 heterocycles. The summed E-state index contributed by atoms with van der Waals surface area (Å²) in [5, 5.41) is 19.4. The van der Waals surface area contributed by atoms with Gasteiger partial charge in [-0.3, -0.25) is 9.79 Å². The zero-order chi connectivity index (χ0) is 22.8. The molecule has 1 atom stereocenters. The first-order valence-electron chi connectivity index (χ1n) is 11.0. The number of hydrogen-bond donors (Lipinski definition) is 3. The number of aliphatic imine (C=N–C) groups is 1. The normalized spacial score (nSPS) is 18.5. The van der Waals surface area contributed by atoms with Crippen LogP contribution in [0.5, 0.6) is 0 Å². The molecule has 2 aliphatic rings. The molecule has 1 fully saturated rings. The van der Waals surface area contributed by atoms with Crippen LogP contribution in [0.4, 0.5) is 16.2 Å². The third-order valence-corrected chi connectivity index (χ3v) is 6.11. The fourth-order valence-electron chi connectivity index (χ4n) is 4.48. The highest BCUT2D eigenvalue weighted by Crippen LogP contribution is 2.34. The van der Waals surface area contributed by atoms with E-state index in [9.17, 15) is 9.59 Å². The maximum atomic E-state index is 13.2. The van der Waals surface area contributed by atoms with Crippen LogP contribution in [0, 0.1) is 5.92 Å². The van der Waals surface area contributed by atoms with Crippen LogP contribution in [-0.2, 0) is 4.79 Å². The van der Waals surface area contributed by atoms with E-state index in [-0.39, 0.29) is 11.8 Å². The molecule has 0 spiro atoms. The molecular weight excluding hydrogens is 420 g/mol. The van der Waals surface area contributed by atoms with Crippen molar-refractivity contribution in [3.8, 4) is 11.4 Å². The molecule has 1 aliphatic carbocycles. The number of carbonyl (C=O) groups is 2. The van der Waals surface area contributed by atoms with Gasteiger partial charge < -0.3 is 15.5 Å². The van der Waals surface area contributed by atoms with Crippen molar-refractivity contribution in [2.24, 2.45) is 10.9 Å². The Morgan fingerprint density at radius 3 is 2.73 bits per heavy atom. The molecular formula is C23H24N8O2. The standard InChI is InChI=1S/C23H24N8O2/c1-31-18-12-5-4-11-17(18)19(14-7-2-3-8-14)25-21(22(31)32)26-23(33)24-16-10-6-9-15(13-16)20-27-29-30-28-20/h4-6,9-14,21H,2-3,7-8H2,1H3,(H2,24,26,33)(H,27,28,29,30)/t21-/m0/s1. The number of tetrazole rings is 1. The Morgan fingerprint density at radius 1 is 1.12 bits per heavy atom. The number of H-pyrrole nitrogens is 1. The number of rotatable bonds is 4. The minimum Gasteiger partial charge on any atom is -0.311 e. The number of urea groups is 1. The summed E-state index contributed by atoms with van der Waals surface area (Å²) in [5.41, 5.74) is 3.89. The van der Waals surface area contributed by atoms with Gasteiger partial charge in [0.2, 0.25) is 12.0 Å². The van der Waals surface area contributed by atoms with Crippen LogP contribution in [0.1, 0.15) is 31.2 Å². The number of carbonyl (C=O) groups excluding carboxylic acids is 2. The van der Waals surface area contributed by atoms with E-state index < -0.39 is 12.2 Å². The first-order chi connectivity index (χ1) is 16.1. The number of nitrogens with zero attached hydrogens (tertiary/aromatic N) is 5. The van der Waals surface area contributed by atoms with Crippen LogP contribution in [0.25, 0.3) is 11.4 Å². The number of aromatic nitrogens is 4. The average molecular weight is 444 g/mol. The predicted molar refractivity (Wildman–Crippen MR) is 124 cm³/mol. The fourth-order valence-corrected chi connectivity index (χ4v) is 4.48. The molecule has 10 heteroatoms. The van der Waals surface area contributed by atoms with Gasteiger partial charge in [0.15, 0.2) is 0 Å². The average Bonchev–Trinajstić information content (AvgIpc) is 3.54. The quantitative estimate of drug-likeness (QED) is 0.570. The van der Waals surface area contributed by atoms with Crippen LogP contribution < -0.4 is 15.5 Å². The number of benzene rings is 2. The molecule has 3 aromatic rings. The van der Waals surface area contributed by atoms with E-state index in [1.165, 1.54) is 0 Å². The first-order valence-corrected chi connectivity index (χ1v) is 11.0. The highest BCUT2D eigenvalue weighted by molar-refractivity contribution is 6.14. The summed E-state index contributed by atoms with van der Waals surface area (Å²) in [5.74, 6) is 0.416. The Hall–Kier alpha value is -4.08. The fraction of sp³-hybridized carbons (Fsp3) is 0.304. The molecule has 0 saturated heterocycles. The summed E-state index contributed by atoms with van der Waals surface area (Å²) in [6, 6.07) is 14.3. The number of benzodiazepines with no additional fused rings is 1. The first kappa shape index (κ1) is 20.8. The van der Waals surface area contributed by atoms with Crippen molar-refractivity contribution in [3.63, 3.8) is 0 Å². The number of hydrogen-bond acceptors (Lipinski definition) is 6. The number of aromatic amines is 1. The van der Waals surface area contributed by atoms with Gasteiger partial charge in [-0.25, -0.2) is 4.79 Å². The maximum Gasteiger partial charge on any atom is 0.321 e. The zero-order valence-electron chi connectivity index (χ0n) is 18.2. The lowest BCUT2D eigenvalue weighted by atomic mass is 9.94. The molecule has 10 nitrogen and oxygen atoms in total. The van der Waals surface area contributed by atoms with Gasteiger partial charge in [-0.05, 0) is 36.3 Å². The Labute approximate surface area is 190 Å². The predicted octanol–water partition coefficient (Wildman–Crippen LogP) is 2.97. The van der Waals surface area contributed by atoms with Crippen molar-refractivity contribution in [1.29, 1.82) is 0 Å². The third kappa shape index (κ3) is 4.19. The molecule has 2 aromatic carbocycles. The molecule has 0 radical (unpaired) electrons. The SMILES string of the molecule is CN1C(=O)[C@H](NC(=O)Nc2cccc(-c3nn[nH]n3)c2)N=C(C2CCCC2)c2ccccc21. The topological polar surface area (TPSA) is 128 Å². The Morgan fingerprint density at radius 2 is 1.94 bits per heavy atom. The zero-order valence-corrected chi connectivity index (χ0v) is 18.2. The second-order valence-corrected chi connectivity index (χ2v) is 8.23. The lowest BCUT2D eigenvalue weighted by molar-refractivity contribution is -0.119. The van der Waals surface area contributed by atoms with Gasteiger partial charge in [0.05, 0.1) is 11.4 Å². The van der Waals surface area contributed by atoms with Crippen molar-refractivity contribution < 1.29 is 9.59 Å². The number of amides is 3. The molecule has 168 valence electrons. The molecule has 33 heavy (non-hydrogen) atoms. The summed E-state index contributed by atoms with van der Waals surface area (Å²) in [7, 11) is 1.72. The van der Waals surface area contributed by atoms with Crippen molar-refractivity contribution >= 4 is 29.0 Å². The number of para-hydroxylation sites is 1. The van der Waals surface area contributed by atoms with Crippen LogP contribution in [-0.4, -0.2) is 51.5 Å². The number of anilines is 2. The summed E-state index contributed by atoms with van der Waals surface area (Å²) >= 11 is 0. The van der Waals surface area contributed by atoms with Crippen molar-refractivity contribution in [2.75, 3.05) is 17.3 Å². The van der Waals surface area contributed by atoms with E-state index in [1.54, 1.807) is 30.1 Å². The molecule has 1 aromatic heterocycles. The van der Waals surface area contributed by atoms with Gasteiger partial charge in [-0.1, -0.05) is 43.2 Å². The van der Waals surface area contributed by atoms with Crippen molar-refractivity contribution in [3.05, 3.63) is 54.1 Å². The lowest BCUT2D eigenvalue weighted by Crippen LogP contribution is -2.47. The van der Waals surface area contributed by atoms with Crippen LogP contribution in [0.2, 0.25) is 0 Å². The van der Waals surface area contributed by atoms with Gasteiger partial charge in [-0.15, -0.1) is 10.2 Å². The number of likely N-dealkylation sites (N-methyl/N-ethyl adjacent to an activating group) is 1. The lowest BCUT2D eigenvalue weighted by Gasteiger charge is -2.21. The smallest absolute Gasteiger partial charge is 0.311 e. The highest BCUT2D eigenvalue weighted by Gasteiger charge is 2.33. The largest absolute Gasteiger partial charge is 0.321 e. The van der Waals surface area contributed by atoms with Gasteiger partial charge in [0, 0.05) is 29.8 Å². The van der Waals surface area contributed by atoms with E-state index in [0.717, 1.165) is 42.6 Å².